The van der Waals surface area contributed by atoms with Crippen LogP contribution in [0.1, 0.15) is 24.0 Å². The Labute approximate surface area is 197 Å². The monoisotopic (exact) mass is 518 g/mol. The highest BCUT2D eigenvalue weighted by Crippen LogP contribution is 2.41. The molecule has 30 heavy (non-hydrogen) atoms. The number of halogens is 1. The minimum absolute atomic E-state index is 0. The molecule has 2 heterocycles. The summed E-state index contributed by atoms with van der Waals surface area (Å²) >= 11 is 0. The summed E-state index contributed by atoms with van der Waals surface area (Å²) < 4.78 is 6.88. The molecule has 2 saturated heterocycles. The van der Waals surface area contributed by atoms with Crippen molar-refractivity contribution < 1.29 is 38.0 Å². The van der Waals surface area contributed by atoms with E-state index in [1.54, 1.807) is 11.9 Å². The highest BCUT2D eigenvalue weighted by molar-refractivity contribution is 5.74. The number of rotatable bonds is 6. The molecule has 0 aliphatic carbocycles. The number of ether oxygens (including phenoxy) is 1. The molecule has 0 atom stereocenters. The Bertz CT molecular complexity index is 816. The van der Waals surface area contributed by atoms with E-state index in [0.29, 0.717) is 0 Å². The Hall–Kier alpha value is -1.86. The lowest BCUT2D eigenvalue weighted by Crippen LogP contribution is -3.00. The van der Waals surface area contributed by atoms with E-state index in [4.69, 9.17) is 4.74 Å². The van der Waals surface area contributed by atoms with Crippen LogP contribution in [0.25, 0.3) is 0 Å². The van der Waals surface area contributed by atoms with E-state index < -0.39 is 5.60 Å². The van der Waals surface area contributed by atoms with Crippen molar-refractivity contribution >= 4 is 6.09 Å². The van der Waals surface area contributed by atoms with Gasteiger partial charge in [0.25, 0.3) is 0 Å². The van der Waals surface area contributed by atoms with Gasteiger partial charge in [-0.25, -0.2) is 4.79 Å². The second kappa shape index (κ2) is 9.52. The van der Waals surface area contributed by atoms with Crippen molar-refractivity contribution in [3.8, 4) is 0 Å². The number of hydrogen-bond acceptors (Lipinski definition) is 2. The summed E-state index contributed by atoms with van der Waals surface area (Å²) in [7, 11) is 1.76. The summed E-state index contributed by atoms with van der Waals surface area (Å²) in [5.41, 5.74) is 3.11. The van der Waals surface area contributed by atoms with Crippen LogP contribution in [0.2, 0.25) is 0 Å². The normalized spacial score (nSPS) is 19.4. The van der Waals surface area contributed by atoms with Crippen molar-refractivity contribution in [2.75, 3.05) is 33.2 Å². The Morgan fingerprint density at radius 2 is 1.40 bits per heavy atom. The number of quaternary nitrogens is 1. The number of benzene rings is 2. The van der Waals surface area contributed by atoms with E-state index in [1.165, 1.54) is 11.1 Å². The third-order valence-electron chi connectivity index (χ3n) is 6.90. The maximum Gasteiger partial charge on any atom is 0.414 e. The van der Waals surface area contributed by atoms with E-state index in [2.05, 4.69) is 67.2 Å². The Balaban J connectivity index is 0.00000256. The molecule has 4 nitrogen and oxygen atoms in total. The standard InChI is InChI=1S/C25H31N2O2.HI/c1-21-25(29-24(28)26(21)2)15-19-27(20-16-25,17-13-22-9-5-3-6-10-22)18-14-23-11-7-4-8-12-23;/h3-12H,1,13-20H2,2H3;1H/q+1;/p-1. The van der Waals surface area contributed by atoms with Crippen LogP contribution in [0, 0.1) is 0 Å². The van der Waals surface area contributed by atoms with Gasteiger partial charge < -0.3 is 33.2 Å². The quantitative estimate of drug-likeness (QED) is 0.428. The van der Waals surface area contributed by atoms with Gasteiger partial charge in [-0.15, -0.1) is 0 Å². The van der Waals surface area contributed by atoms with Crippen molar-refractivity contribution in [3.05, 3.63) is 84.1 Å². The highest BCUT2D eigenvalue weighted by atomic mass is 127. The highest BCUT2D eigenvalue weighted by Gasteiger charge is 2.52. The summed E-state index contributed by atoms with van der Waals surface area (Å²) in [5.74, 6) is 0. The average molecular weight is 518 g/mol. The molecule has 0 radical (unpaired) electrons. The fourth-order valence-corrected chi connectivity index (χ4v) is 4.75. The van der Waals surface area contributed by atoms with Crippen molar-refractivity contribution in [1.29, 1.82) is 0 Å². The van der Waals surface area contributed by atoms with Gasteiger partial charge in [0.1, 0.15) is 0 Å². The second-order valence-corrected chi connectivity index (χ2v) is 8.58. The topological polar surface area (TPSA) is 29.5 Å². The first-order valence-corrected chi connectivity index (χ1v) is 10.6. The predicted molar refractivity (Wildman–Crippen MR) is 115 cm³/mol. The van der Waals surface area contributed by atoms with Crippen molar-refractivity contribution in [2.45, 2.75) is 31.3 Å². The Kier molecular flexibility index (Phi) is 7.24. The van der Waals surface area contributed by atoms with Crippen molar-refractivity contribution in [2.24, 2.45) is 0 Å². The van der Waals surface area contributed by atoms with Gasteiger partial charge in [0, 0.05) is 32.7 Å². The van der Waals surface area contributed by atoms with E-state index in [9.17, 15) is 4.79 Å². The number of likely N-dealkylation sites (tertiary alicyclic amines) is 1. The minimum Gasteiger partial charge on any atom is -1.00 e. The van der Waals surface area contributed by atoms with Crippen LogP contribution < -0.4 is 24.0 Å². The first kappa shape index (κ1) is 22.8. The zero-order chi connectivity index (χ0) is 20.3. The van der Waals surface area contributed by atoms with E-state index in [0.717, 1.165) is 62.0 Å². The zero-order valence-corrected chi connectivity index (χ0v) is 19.9. The third-order valence-corrected chi connectivity index (χ3v) is 6.90. The maximum atomic E-state index is 12.1. The number of piperidine rings is 1. The molecule has 1 amide bonds. The van der Waals surface area contributed by atoms with Crippen LogP contribution in [-0.2, 0) is 17.6 Å². The summed E-state index contributed by atoms with van der Waals surface area (Å²) in [6, 6.07) is 21.5. The molecule has 0 aromatic heterocycles. The lowest BCUT2D eigenvalue weighted by atomic mass is 9.86. The van der Waals surface area contributed by atoms with Gasteiger partial charge in [-0.3, -0.25) is 4.90 Å². The predicted octanol–water partition coefficient (Wildman–Crippen LogP) is 1.42. The molecule has 2 aliphatic heterocycles. The zero-order valence-electron chi connectivity index (χ0n) is 17.7. The number of carbonyl (C=O) groups excluding carboxylic acids is 1. The molecule has 0 saturated carbocycles. The lowest BCUT2D eigenvalue weighted by molar-refractivity contribution is -0.934. The smallest absolute Gasteiger partial charge is 0.414 e. The molecule has 2 fully saturated rings. The molecule has 0 N–H and O–H groups in total. The SMILES string of the molecule is C=C1N(C)C(=O)OC12CC[N+](CCc1ccccc1)(CCc1ccccc1)CC2.[I-]. The van der Waals surface area contributed by atoms with E-state index in [-0.39, 0.29) is 30.1 Å². The fraction of sp³-hybridized carbons (Fsp3) is 0.400. The largest absolute Gasteiger partial charge is 1.00 e. The number of carbonyl (C=O) groups is 1. The fourth-order valence-electron chi connectivity index (χ4n) is 4.75. The summed E-state index contributed by atoms with van der Waals surface area (Å²) in [6.45, 7) is 8.43. The molecular formula is C25H31IN2O2. The van der Waals surface area contributed by atoms with Gasteiger partial charge in [0.2, 0.25) is 0 Å². The first-order valence-electron chi connectivity index (χ1n) is 10.6. The molecule has 2 aromatic rings. The van der Waals surface area contributed by atoms with Gasteiger partial charge in [-0.05, 0) is 11.1 Å². The molecule has 2 aliphatic rings. The van der Waals surface area contributed by atoms with Crippen molar-refractivity contribution in [3.63, 3.8) is 0 Å². The molecular weight excluding hydrogens is 487 g/mol. The van der Waals surface area contributed by atoms with Crippen LogP contribution in [0.4, 0.5) is 4.79 Å². The third kappa shape index (κ3) is 4.72. The maximum absolute atomic E-state index is 12.1. The molecule has 0 unspecified atom stereocenters. The van der Waals surface area contributed by atoms with Gasteiger partial charge in [0.05, 0.1) is 31.9 Å². The summed E-state index contributed by atoms with van der Waals surface area (Å²) in [6.07, 6.45) is 3.59. The number of likely N-dealkylation sites (N-methyl/N-ethyl adjacent to an activating group) is 1. The minimum atomic E-state index is -0.493. The van der Waals surface area contributed by atoms with E-state index >= 15 is 0 Å². The van der Waals surface area contributed by atoms with Crippen LogP contribution >= 0.6 is 0 Å². The van der Waals surface area contributed by atoms with Crippen LogP contribution in [0.15, 0.2) is 72.9 Å². The number of amides is 1. The lowest BCUT2D eigenvalue weighted by Gasteiger charge is -2.46. The Morgan fingerprint density at radius 3 is 1.80 bits per heavy atom. The summed E-state index contributed by atoms with van der Waals surface area (Å²) in [4.78, 5) is 13.7. The molecule has 0 bridgehead atoms. The van der Waals surface area contributed by atoms with Crippen molar-refractivity contribution in [1.82, 2.24) is 4.90 Å². The number of nitrogens with zero attached hydrogens (tertiary/aromatic N) is 2. The van der Waals surface area contributed by atoms with Crippen LogP contribution in [0.5, 0.6) is 0 Å². The van der Waals surface area contributed by atoms with E-state index in [1.807, 2.05) is 0 Å². The first-order chi connectivity index (χ1) is 14.0. The van der Waals surface area contributed by atoms with Gasteiger partial charge >= 0.3 is 6.09 Å². The van der Waals surface area contributed by atoms with Gasteiger partial charge in [-0.1, -0.05) is 67.2 Å². The van der Waals surface area contributed by atoms with Gasteiger partial charge in [0.15, 0.2) is 5.60 Å². The molecule has 2 aromatic carbocycles. The average Bonchev–Trinajstić information content (AvgIpc) is 2.98. The number of hydrogen-bond donors (Lipinski definition) is 0. The Morgan fingerprint density at radius 1 is 0.933 bits per heavy atom. The van der Waals surface area contributed by atoms with Crippen LogP contribution in [-0.4, -0.2) is 54.3 Å². The summed E-state index contributed by atoms with van der Waals surface area (Å²) in [5, 5.41) is 0. The molecule has 1 spiro atoms. The molecule has 4 rings (SSSR count). The van der Waals surface area contributed by atoms with Crippen LogP contribution in [0.3, 0.4) is 0 Å². The van der Waals surface area contributed by atoms with Gasteiger partial charge in [-0.2, -0.15) is 0 Å². The second-order valence-electron chi connectivity index (χ2n) is 8.58. The molecule has 5 heteroatoms. The molecule has 160 valence electrons.